The first kappa shape index (κ1) is 17.1. The van der Waals surface area contributed by atoms with E-state index in [1.165, 1.54) is 24.9 Å². The van der Waals surface area contributed by atoms with Crippen LogP contribution in [0.25, 0.3) is 0 Å². The molecule has 2 rings (SSSR count). The summed E-state index contributed by atoms with van der Waals surface area (Å²) >= 11 is 0. The van der Waals surface area contributed by atoms with Gasteiger partial charge >= 0.3 is 13.5 Å². The van der Waals surface area contributed by atoms with E-state index in [0.29, 0.717) is 0 Å². The van der Waals surface area contributed by atoms with Crippen LogP contribution in [0.3, 0.4) is 0 Å². The lowest BCUT2D eigenvalue weighted by Gasteiger charge is -2.16. The molecule has 0 saturated carbocycles. The van der Waals surface area contributed by atoms with Crippen LogP contribution in [0.1, 0.15) is 18.1 Å². The van der Waals surface area contributed by atoms with Crippen LogP contribution < -0.4 is 11.2 Å². The van der Waals surface area contributed by atoms with Crippen molar-refractivity contribution in [3.63, 3.8) is 0 Å². The summed E-state index contributed by atoms with van der Waals surface area (Å²) in [6.07, 6.45) is -1.42. The summed E-state index contributed by atoms with van der Waals surface area (Å²) in [7, 11) is -1.87. The first-order valence-electron chi connectivity index (χ1n) is 6.40. The lowest BCUT2D eigenvalue weighted by Crippen LogP contribution is -2.39. The Morgan fingerprint density at radius 2 is 2.05 bits per heavy atom. The van der Waals surface area contributed by atoms with E-state index < -0.39 is 44.0 Å². The van der Waals surface area contributed by atoms with E-state index >= 15 is 0 Å². The molecule has 3 atom stereocenters. The third-order valence-corrected chi connectivity index (χ3v) is 3.94. The van der Waals surface area contributed by atoms with Crippen LogP contribution in [0.5, 0.6) is 0 Å². The van der Waals surface area contributed by atoms with Crippen molar-refractivity contribution < 1.29 is 28.7 Å². The smallest absolute Gasteiger partial charge is 0.390 e. The molecule has 1 aromatic rings. The van der Waals surface area contributed by atoms with E-state index in [1.807, 2.05) is 0 Å². The third kappa shape index (κ3) is 3.54. The molecule has 1 fully saturated rings. The summed E-state index contributed by atoms with van der Waals surface area (Å²) in [5, 5.41) is 9.87. The van der Waals surface area contributed by atoms with Crippen molar-refractivity contribution in [2.24, 2.45) is 14.1 Å². The van der Waals surface area contributed by atoms with Crippen LogP contribution in [-0.4, -0.2) is 42.8 Å². The van der Waals surface area contributed by atoms with Gasteiger partial charge in [0.05, 0.1) is 24.4 Å². The van der Waals surface area contributed by atoms with Crippen LogP contribution in [0, 0.1) is 0 Å². The van der Waals surface area contributed by atoms with Crippen molar-refractivity contribution in [2.45, 2.75) is 24.7 Å². The number of ether oxygens (including phenoxy) is 1. The molecule has 124 valence electrons. The summed E-state index contributed by atoms with van der Waals surface area (Å²) < 4.78 is 22.6. The van der Waals surface area contributed by atoms with E-state index in [9.17, 15) is 19.3 Å². The Labute approximate surface area is 124 Å². The maximum absolute atomic E-state index is 12.1. The van der Waals surface area contributed by atoms with Gasteiger partial charge in [-0.1, -0.05) is 0 Å². The fourth-order valence-electron chi connectivity index (χ4n) is 2.31. The SMILES string of the molecule is Cn1cc([C@H]2C[C@H](O)[C@@H](COP(=O)(O)O)O2)c(=O)n(C)c1=O. The minimum absolute atomic E-state index is 0.0582. The number of aliphatic hydroxyl groups is 1. The van der Waals surface area contributed by atoms with Crippen molar-refractivity contribution in [3.8, 4) is 0 Å². The predicted octanol–water partition coefficient (Wildman–Crippen LogP) is -1.62. The minimum atomic E-state index is -4.67. The van der Waals surface area contributed by atoms with Gasteiger partial charge in [0.25, 0.3) is 5.56 Å². The van der Waals surface area contributed by atoms with Crippen molar-refractivity contribution in [1.29, 1.82) is 0 Å². The molecule has 0 amide bonds. The molecule has 22 heavy (non-hydrogen) atoms. The molecule has 0 radical (unpaired) electrons. The first-order valence-corrected chi connectivity index (χ1v) is 7.93. The molecule has 1 aliphatic rings. The van der Waals surface area contributed by atoms with Gasteiger partial charge in [-0.3, -0.25) is 13.9 Å². The molecule has 0 bridgehead atoms. The minimum Gasteiger partial charge on any atom is -0.390 e. The van der Waals surface area contributed by atoms with Crippen molar-refractivity contribution in [1.82, 2.24) is 9.13 Å². The van der Waals surface area contributed by atoms with Crippen molar-refractivity contribution in [2.75, 3.05) is 6.61 Å². The van der Waals surface area contributed by atoms with E-state index in [0.717, 1.165) is 4.57 Å². The fourth-order valence-corrected chi connectivity index (χ4v) is 2.65. The Balaban J connectivity index is 2.21. The molecule has 3 N–H and O–H groups in total. The van der Waals surface area contributed by atoms with E-state index in [1.54, 1.807) is 0 Å². The summed E-state index contributed by atoms with van der Waals surface area (Å²) in [4.78, 5) is 41.0. The average molecular weight is 336 g/mol. The zero-order valence-electron chi connectivity index (χ0n) is 11.9. The molecule has 11 heteroatoms. The molecule has 0 aliphatic carbocycles. The van der Waals surface area contributed by atoms with Gasteiger partial charge in [-0.05, 0) is 0 Å². The quantitative estimate of drug-likeness (QED) is 0.558. The van der Waals surface area contributed by atoms with Gasteiger partial charge in [-0.25, -0.2) is 9.36 Å². The second kappa shape index (κ2) is 6.07. The van der Waals surface area contributed by atoms with E-state index in [4.69, 9.17) is 14.5 Å². The summed E-state index contributed by atoms with van der Waals surface area (Å²) in [6.45, 7) is -0.506. The number of phosphoric ester groups is 1. The first-order chi connectivity index (χ1) is 10.1. The summed E-state index contributed by atoms with van der Waals surface area (Å²) in [5.41, 5.74) is -0.854. The number of aliphatic hydroxyl groups excluding tert-OH is 1. The maximum atomic E-state index is 12.1. The fraction of sp³-hybridized carbons (Fsp3) is 0.636. The molecule has 1 aromatic heterocycles. The summed E-state index contributed by atoms with van der Waals surface area (Å²) in [6, 6.07) is 0. The Morgan fingerprint density at radius 1 is 1.41 bits per heavy atom. The van der Waals surface area contributed by atoms with Gasteiger partial charge in [-0.15, -0.1) is 0 Å². The molecule has 0 unspecified atom stereocenters. The maximum Gasteiger partial charge on any atom is 0.469 e. The average Bonchev–Trinajstić information content (AvgIpc) is 2.78. The lowest BCUT2D eigenvalue weighted by atomic mass is 10.1. The number of phosphoric acid groups is 1. The van der Waals surface area contributed by atoms with Crippen LogP contribution in [0.2, 0.25) is 0 Å². The Hall–Kier alpha value is -1.29. The highest BCUT2D eigenvalue weighted by atomic mass is 31.2. The van der Waals surface area contributed by atoms with Crippen LogP contribution >= 0.6 is 7.82 Å². The topological polar surface area (TPSA) is 140 Å². The number of hydrogen-bond donors (Lipinski definition) is 3. The van der Waals surface area contributed by atoms with E-state index in [2.05, 4.69) is 4.52 Å². The molecular weight excluding hydrogens is 319 g/mol. The molecule has 1 saturated heterocycles. The van der Waals surface area contributed by atoms with Gasteiger partial charge in [-0.2, -0.15) is 0 Å². The molecule has 0 spiro atoms. The number of aryl methyl sites for hydroxylation is 1. The molecule has 1 aliphatic heterocycles. The van der Waals surface area contributed by atoms with Gasteiger partial charge in [0.2, 0.25) is 0 Å². The summed E-state index contributed by atoms with van der Waals surface area (Å²) in [5.74, 6) is 0. The lowest BCUT2D eigenvalue weighted by molar-refractivity contribution is -0.0227. The zero-order chi connectivity index (χ0) is 16.7. The molecular formula is C11H17N2O8P. The monoisotopic (exact) mass is 336 g/mol. The predicted molar refractivity (Wildman–Crippen MR) is 73.2 cm³/mol. The molecule has 0 aromatic carbocycles. The van der Waals surface area contributed by atoms with Gasteiger partial charge in [0, 0.05) is 26.7 Å². The van der Waals surface area contributed by atoms with Crippen molar-refractivity contribution >= 4 is 7.82 Å². The second-order valence-electron chi connectivity index (χ2n) is 5.09. The van der Waals surface area contributed by atoms with Gasteiger partial charge in [0.1, 0.15) is 6.10 Å². The third-order valence-electron chi connectivity index (χ3n) is 3.45. The number of rotatable bonds is 4. The van der Waals surface area contributed by atoms with Gasteiger partial charge < -0.3 is 24.2 Å². The normalized spacial score (nSPS) is 25.6. The second-order valence-corrected chi connectivity index (χ2v) is 6.33. The van der Waals surface area contributed by atoms with Crippen molar-refractivity contribution in [3.05, 3.63) is 32.6 Å². The Bertz CT molecular complexity index is 720. The number of aromatic nitrogens is 2. The number of hydrogen-bond acceptors (Lipinski definition) is 6. The number of nitrogens with zero attached hydrogens (tertiary/aromatic N) is 2. The van der Waals surface area contributed by atoms with Gasteiger partial charge in [0.15, 0.2) is 0 Å². The van der Waals surface area contributed by atoms with Crippen LogP contribution in [0.4, 0.5) is 0 Å². The van der Waals surface area contributed by atoms with Crippen LogP contribution in [0.15, 0.2) is 15.8 Å². The zero-order valence-corrected chi connectivity index (χ0v) is 12.8. The highest BCUT2D eigenvalue weighted by molar-refractivity contribution is 7.46. The van der Waals surface area contributed by atoms with E-state index in [-0.39, 0.29) is 12.0 Å². The highest BCUT2D eigenvalue weighted by Crippen LogP contribution is 2.38. The van der Waals surface area contributed by atoms with Crippen LogP contribution in [-0.2, 0) is 27.9 Å². The highest BCUT2D eigenvalue weighted by Gasteiger charge is 2.37. The standard InChI is InChI=1S/C11H17N2O8P/c1-12-4-6(10(15)13(2)11(12)16)8-3-7(14)9(21-8)5-20-22(17,18)19/h4,7-9,14H,3,5H2,1-2H3,(H2,17,18,19)/t7-,8+,9+/m0/s1. The Morgan fingerprint density at radius 3 is 2.64 bits per heavy atom. The molecule has 10 nitrogen and oxygen atoms in total. The largest absolute Gasteiger partial charge is 0.469 e. The Kier molecular flexibility index (Phi) is 4.71. The molecule has 2 heterocycles.